The van der Waals surface area contributed by atoms with Crippen LogP contribution in [-0.4, -0.2) is 27.0 Å². The molecule has 1 heterocycles. The molecule has 0 amide bonds. The predicted octanol–water partition coefficient (Wildman–Crippen LogP) is 6.10. The Balaban J connectivity index is 1.73. The maximum atomic E-state index is 15.3. The molecule has 3 atom stereocenters. The van der Waals surface area contributed by atoms with E-state index in [0.29, 0.717) is 24.8 Å². The van der Waals surface area contributed by atoms with Crippen molar-refractivity contribution in [2.75, 3.05) is 18.6 Å². The molecule has 2 aromatic rings. The SMILES string of the molecule is CS(=O)(=O)CCC[C@@H]1CCC[C@@]2(Cc3ccc(C(F)(F)F)cc3)c3c(F)ccc(F)c3OC[C@@H]12. The second-order valence-electron chi connectivity index (χ2n) is 9.60. The van der Waals surface area contributed by atoms with Crippen LogP contribution in [0.1, 0.15) is 48.8 Å². The van der Waals surface area contributed by atoms with Crippen LogP contribution < -0.4 is 4.74 Å². The molecule has 34 heavy (non-hydrogen) atoms. The van der Waals surface area contributed by atoms with E-state index in [4.69, 9.17) is 4.74 Å². The van der Waals surface area contributed by atoms with Crippen molar-refractivity contribution < 1.29 is 35.1 Å². The van der Waals surface area contributed by atoms with Gasteiger partial charge in [-0.2, -0.15) is 13.2 Å². The third-order valence-electron chi connectivity index (χ3n) is 7.33. The van der Waals surface area contributed by atoms with Gasteiger partial charge in [0.2, 0.25) is 0 Å². The van der Waals surface area contributed by atoms with Crippen molar-refractivity contribution >= 4 is 9.84 Å². The first-order chi connectivity index (χ1) is 15.9. The topological polar surface area (TPSA) is 43.4 Å². The molecule has 1 aliphatic heterocycles. The first-order valence-corrected chi connectivity index (χ1v) is 13.4. The Bertz CT molecular complexity index is 1140. The number of hydrogen-bond donors (Lipinski definition) is 0. The van der Waals surface area contributed by atoms with E-state index in [2.05, 4.69) is 0 Å². The zero-order valence-corrected chi connectivity index (χ0v) is 19.6. The van der Waals surface area contributed by atoms with Crippen LogP contribution in [0.15, 0.2) is 36.4 Å². The quantitative estimate of drug-likeness (QED) is 0.449. The fourth-order valence-corrected chi connectivity index (χ4v) is 6.56. The van der Waals surface area contributed by atoms with Crippen LogP contribution in [0.2, 0.25) is 0 Å². The Morgan fingerprint density at radius 2 is 1.74 bits per heavy atom. The highest BCUT2D eigenvalue weighted by Gasteiger charge is 2.52. The minimum Gasteiger partial charge on any atom is -0.490 e. The van der Waals surface area contributed by atoms with E-state index in [1.165, 1.54) is 18.4 Å². The normalized spacial score (nSPS) is 24.8. The summed E-state index contributed by atoms with van der Waals surface area (Å²) in [6.45, 7) is 0.150. The van der Waals surface area contributed by atoms with Crippen molar-refractivity contribution in [3.63, 3.8) is 0 Å². The van der Waals surface area contributed by atoms with Gasteiger partial charge in [-0.15, -0.1) is 0 Å². The fraction of sp³-hybridized carbons (Fsp3) is 0.520. The van der Waals surface area contributed by atoms with Gasteiger partial charge in [-0.05, 0) is 67.9 Å². The molecule has 1 saturated carbocycles. The number of fused-ring (bicyclic) bond motifs is 3. The maximum absolute atomic E-state index is 15.3. The van der Waals surface area contributed by atoms with Crippen molar-refractivity contribution in [1.82, 2.24) is 0 Å². The standard InChI is InChI=1S/C25H27F5O3S/c1-34(31,32)13-3-5-17-4-2-12-24(14-16-6-8-18(9-7-16)25(28,29)30)19(17)15-33-23-21(27)11-10-20(26)22(23)24/h6-11,17,19H,2-5,12-15H2,1H3/t17-,19-,24-/m0/s1. The molecule has 186 valence electrons. The van der Waals surface area contributed by atoms with Crippen molar-refractivity contribution in [2.45, 2.75) is 50.1 Å². The van der Waals surface area contributed by atoms with Gasteiger partial charge >= 0.3 is 6.18 Å². The molecule has 0 radical (unpaired) electrons. The molecule has 2 aromatic carbocycles. The molecule has 9 heteroatoms. The van der Waals surface area contributed by atoms with Crippen LogP contribution in [0.4, 0.5) is 22.0 Å². The lowest BCUT2D eigenvalue weighted by molar-refractivity contribution is -0.137. The number of benzene rings is 2. The van der Waals surface area contributed by atoms with Crippen LogP contribution in [0, 0.1) is 23.5 Å². The molecule has 0 bridgehead atoms. The highest BCUT2D eigenvalue weighted by molar-refractivity contribution is 7.90. The number of alkyl halides is 3. The summed E-state index contributed by atoms with van der Waals surface area (Å²) in [6.07, 6.45) is 0.0787. The number of halogens is 5. The van der Waals surface area contributed by atoms with Gasteiger partial charge in [0.25, 0.3) is 0 Å². The molecule has 0 spiro atoms. The molecule has 0 unspecified atom stereocenters. The van der Waals surface area contributed by atoms with Gasteiger partial charge in [-0.25, -0.2) is 17.2 Å². The zero-order valence-electron chi connectivity index (χ0n) is 18.8. The van der Waals surface area contributed by atoms with Gasteiger partial charge in [0.05, 0.1) is 12.2 Å². The van der Waals surface area contributed by atoms with Crippen LogP contribution in [0.5, 0.6) is 5.75 Å². The van der Waals surface area contributed by atoms with E-state index in [-0.39, 0.29) is 41.9 Å². The minimum absolute atomic E-state index is 0.0285. The third-order valence-corrected chi connectivity index (χ3v) is 8.36. The predicted molar refractivity (Wildman–Crippen MR) is 118 cm³/mol. The summed E-state index contributed by atoms with van der Waals surface area (Å²) in [7, 11) is -3.13. The van der Waals surface area contributed by atoms with Gasteiger partial charge in [0.1, 0.15) is 15.7 Å². The molecule has 2 aliphatic rings. The average Bonchev–Trinajstić information content (AvgIpc) is 2.74. The molecular weight excluding hydrogens is 475 g/mol. The summed E-state index contributed by atoms with van der Waals surface area (Å²) < 4.78 is 98.0. The van der Waals surface area contributed by atoms with Gasteiger partial charge in [-0.3, -0.25) is 0 Å². The number of ether oxygens (including phenoxy) is 1. The van der Waals surface area contributed by atoms with Crippen LogP contribution in [0.25, 0.3) is 0 Å². The number of hydrogen-bond acceptors (Lipinski definition) is 3. The summed E-state index contributed by atoms with van der Waals surface area (Å²) in [6, 6.07) is 6.90. The van der Waals surface area contributed by atoms with Crippen molar-refractivity contribution in [2.24, 2.45) is 11.8 Å². The van der Waals surface area contributed by atoms with E-state index in [0.717, 1.165) is 37.1 Å². The van der Waals surface area contributed by atoms with Crippen LogP contribution in [-0.2, 0) is 27.8 Å². The largest absolute Gasteiger partial charge is 0.490 e. The van der Waals surface area contributed by atoms with E-state index in [1.807, 2.05) is 0 Å². The third kappa shape index (κ3) is 4.95. The first kappa shape index (κ1) is 24.9. The molecule has 3 nitrogen and oxygen atoms in total. The second-order valence-corrected chi connectivity index (χ2v) is 11.9. The Kier molecular flexibility index (Phi) is 6.70. The van der Waals surface area contributed by atoms with Gasteiger partial charge in [0, 0.05) is 28.9 Å². The molecule has 0 N–H and O–H groups in total. The lowest BCUT2D eigenvalue weighted by atomic mass is 9.55. The van der Waals surface area contributed by atoms with Crippen LogP contribution in [0.3, 0.4) is 0 Å². The lowest BCUT2D eigenvalue weighted by Gasteiger charge is -2.52. The highest BCUT2D eigenvalue weighted by Crippen LogP contribution is 2.56. The Hall–Kier alpha value is -2.16. The maximum Gasteiger partial charge on any atom is 0.416 e. The Morgan fingerprint density at radius 1 is 1.06 bits per heavy atom. The molecule has 0 saturated heterocycles. The summed E-state index contributed by atoms with van der Waals surface area (Å²) >= 11 is 0. The Morgan fingerprint density at radius 3 is 2.38 bits per heavy atom. The number of sulfone groups is 1. The molecule has 1 fully saturated rings. The summed E-state index contributed by atoms with van der Waals surface area (Å²) in [4.78, 5) is 0. The summed E-state index contributed by atoms with van der Waals surface area (Å²) in [5.74, 6) is -1.53. The van der Waals surface area contributed by atoms with Crippen molar-refractivity contribution in [1.29, 1.82) is 0 Å². The first-order valence-electron chi connectivity index (χ1n) is 11.4. The van der Waals surface area contributed by atoms with E-state index in [9.17, 15) is 26.0 Å². The minimum atomic E-state index is -4.46. The van der Waals surface area contributed by atoms with E-state index < -0.39 is 38.6 Å². The number of rotatable bonds is 6. The molecule has 4 rings (SSSR count). The van der Waals surface area contributed by atoms with Crippen molar-refractivity contribution in [3.8, 4) is 5.75 Å². The Labute approximate surface area is 196 Å². The fourth-order valence-electron chi connectivity index (χ4n) is 5.87. The van der Waals surface area contributed by atoms with Gasteiger partial charge in [-0.1, -0.05) is 18.6 Å². The van der Waals surface area contributed by atoms with Crippen molar-refractivity contribution in [3.05, 3.63) is 64.7 Å². The molecule has 1 aliphatic carbocycles. The van der Waals surface area contributed by atoms with E-state index in [1.54, 1.807) is 0 Å². The highest BCUT2D eigenvalue weighted by atomic mass is 32.2. The van der Waals surface area contributed by atoms with Gasteiger partial charge in [0.15, 0.2) is 11.6 Å². The van der Waals surface area contributed by atoms with Crippen LogP contribution >= 0.6 is 0 Å². The average molecular weight is 503 g/mol. The zero-order chi connectivity index (χ0) is 24.7. The smallest absolute Gasteiger partial charge is 0.416 e. The monoisotopic (exact) mass is 502 g/mol. The van der Waals surface area contributed by atoms with E-state index >= 15 is 4.39 Å². The molecule has 0 aromatic heterocycles. The summed E-state index contributed by atoms with van der Waals surface area (Å²) in [5, 5.41) is 0. The second kappa shape index (κ2) is 9.13. The lowest BCUT2D eigenvalue weighted by Crippen LogP contribution is -2.51. The summed E-state index contributed by atoms with van der Waals surface area (Å²) in [5.41, 5.74) is -0.868. The molecular formula is C25H27F5O3S. The van der Waals surface area contributed by atoms with Gasteiger partial charge < -0.3 is 4.74 Å².